The summed E-state index contributed by atoms with van der Waals surface area (Å²) in [7, 11) is 0. The maximum absolute atomic E-state index is 16.5. The van der Waals surface area contributed by atoms with Gasteiger partial charge in [-0.1, -0.05) is 66.2 Å². The molecule has 1 unspecified atom stereocenters. The van der Waals surface area contributed by atoms with Crippen molar-refractivity contribution < 1.29 is 32.7 Å². The molecule has 12 nitrogen and oxygen atoms in total. The molecule has 8 rings (SSSR count). The van der Waals surface area contributed by atoms with Crippen molar-refractivity contribution in [3.05, 3.63) is 92.7 Å². The summed E-state index contributed by atoms with van der Waals surface area (Å²) < 4.78 is 38.1. The lowest BCUT2D eigenvalue weighted by Gasteiger charge is -2.35. The van der Waals surface area contributed by atoms with Crippen LogP contribution in [-0.4, -0.2) is 107 Å². The van der Waals surface area contributed by atoms with Crippen LogP contribution in [0.25, 0.3) is 22.0 Å². The maximum Gasteiger partial charge on any atom is 0.265 e. The largest absolute Gasteiger partial charge is 0.493 e. The number of nitrogens with one attached hydrogen (secondary N) is 1. The van der Waals surface area contributed by atoms with Crippen LogP contribution in [0.15, 0.2) is 53.8 Å². The van der Waals surface area contributed by atoms with Crippen LogP contribution in [0, 0.1) is 18.6 Å². The number of fused-ring (bicyclic) bond motifs is 2. The first-order valence-corrected chi connectivity index (χ1v) is 23.1. The van der Waals surface area contributed by atoms with Crippen LogP contribution in [0.1, 0.15) is 97.7 Å². The van der Waals surface area contributed by atoms with Gasteiger partial charge in [0.05, 0.1) is 17.2 Å². The molecule has 3 aromatic carbocycles. The van der Waals surface area contributed by atoms with Crippen molar-refractivity contribution in [2.24, 2.45) is 0 Å². The van der Waals surface area contributed by atoms with E-state index in [1.807, 2.05) is 17.9 Å². The van der Waals surface area contributed by atoms with Crippen LogP contribution in [0.3, 0.4) is 0 Å². The van der Waals surface area contributed by atoms with E-state index in [0.29, 0.717) is 68.4 Å². The Labute approximate surface area is 381 Å². The Kier molecular flexibility index (Phi) is 14.1. The summed E-state index contributed by atoms with van der Waals surface area (Å²) in [5, 5.41) is 2.94. The SMILES string of the molecule is C/C=C(\Cl)C(=O)N1CCN(c2ncnc3c(F)c(-c4c(F)cccc4OCCCCCCCN4CCC(c5cc(C)cc6c5CN(C5CCC(=O)NC5=O)C6=O)CC4)c(Cl)cc23)CC1. The van der Waals surface area contributed by atoms with Gasteiger partial charge in [-0.25, -0.2) is 18.7 Å². The second-order valence-electron chi connectivity index (χ2n) is 17.2. The van der Waals surface area contributed by atoms with Gasteiger partial charge in [-0.3, -0.25) is 24.5 Å². The number of carbonyl (C=O) groups is 4. The zero-order chi connectivity index (χ0) is 45.1. The van der Waals surface area contributed by atoms with Gasteiger partial charge in [-0.15, -0.1) is 0 Å². The monoisotopic (exact) mass is 915 g/mol. The predicted molar refractivity (Wildman–Crippen MR) is 243 cm³/mol. The van der Waals surface area contributed by atoms with E-state index in [-0.39, 0.29) is 62.5 Å². The van der Waals surface area contributed by atoms with E-state index in [1.165, 1.54) is 24.0 Å². The number of ether oxygens (including phenoxy) is 1. The molecule has 4 aliphatic rings. The van der Waals surface area contributed by atoms with Crippen LogP contribution in [0.2, 0.25) is 5.02 Å². The Morgan fingerprint density at radius 1 is 0.938 bits per heavy atom. The number of benzene rings is 3. The number of likely N-dealkylation sites (tertiary alicyclic amines) is 1. The summed E-state index contributed by atoms with van der Waals surface area (Å²) in [5.41, 5.74) is 3.80. The molecule has 16 heteroatoms. The molecule has 3 fully saturated rings. The van der Waals surface area contributed by atoms with Crippen LogP contribution >= 0.6 is 23.2 Å². The van der Waals surface area contributed by atoms with E-state index in [2.05, 4.69) is 26.3 Å². The topological polar surface area (TPSA) is 128 Å². The normalized spacial score (nSPS) is 18.8. The Morgan fingerprint density at radius 2 is 1.69 bits per heavy atom. The number of imide groups is 1. The lowest BCUT2D eigenvalue weighted by atomic mass is 9.84. The highest BCUT2D eigenvalue weighted by Gasteiger charge is 2.41. The van der Waals surface area contributed by atoms with Gasteiger partial charge >= 0.3 is 0 Å². The number of amides is 4. The molecule has 1 aromatic heterocycles. The Morgan fingerprint density at radius 3 is 2.44 bits per heavy atom. The summed E-state index contributed by atoms with van der Waals surface area (Å²) in [6.45, 7) is 9.11. The fraction of sp³-hybridized carbons (Fsp3) is 0.458. The molecule has 5 heterocycles. The second kappa shape index (κ2) is 19.9. The molecule has 0 saturated carbocycles. The minimum Gasteiger partial charge on any atom is -0.493 e. The highest BCUT2D eigenvalue weighted by molar-refractivity contribution is 6.42. The number of aromatic nitrogens is 2. The molecular formula is C48H53Cl2F2N7O5. The van der Waals surface area contributed by atoms with Crippen molar-refractivity contribution >= 4 is 63.6 Å². The average molecular weight is 917 g/mol. The van der Waals surface area contributed by atoms with Crippen LogP contribution in [0.4, 0.5) is 14.6 Å². The number of hydrogen-bond acceptors (Lipinski definition) is 9. The van der Waals surface area contributed by atoms with Crippen LogP contribution < -0.4 is 15.0 Å². The fourth-order valence-electron chi connectivity index (χ4n) is 9.68. The Bertz CT molecular complexity index is 2490. The zero-order valence-electron chi connectivity index (χ0n) is 36.2. The lowest BCUT2D eigenvalue weighted by Crippen LogP contribution is -2.52. The highest BCUT2D eigenvalue weighted by Crippen LogP contribution is 2.43. The highest BCUT2D eigenvalue weighted by atomic mass is 35.5. The van der Waals surface area contributed by atoms with Gasteiger partial charge in [0, 0.05) is 55.7 Å². The summed E-state index contributed by atoms with van der Waals surface area (Å²) in [6.07, 6.45) is 10.3. The molecule has 3 saturated heterocycles. The summed E-state index contributed by atoms with van der Waals surface area (Å²) in [6, 6.07) is 9.50. The third-order valence-electron chi connectivity index (χ3n) is 13.1. The number of nitrogens with zero attached hydrogens (tertiary/aromatic N) is 6. The van der Waals surface area contributed by atoms with E-state index >= 15 is 8.78 Å². The van der Waals surface area contributed by atoms with Crippen LogP contribution in [-0.2, 0) is 20.9 Å². The number of aryl methyl sites for hydroxylation is 1. The molecule has 0 spiro atoms. The van der Waals surface area contributed by atoms with Crippen molar-refractivity contribution in [3.63, 3.8) is 0 Å². The number of halogens is 4. The van der Waals surface area contributed by atoms with Crippen molar-refractivity contribution in [1.82, 2.24) is 30.0 Å². The summed E-state index contributed by atoms with van der Waals surface area (Å²) in [4.78, 5) is 66.8. The van der Waals surface area contributed by atoms with E-state index < -0.39 is 17.7 Å². The number of carbonyl (C=O) groups excluding carboxylic acids is 4. The van der Waals surface area contributed by atoms with Gasteiger partial charge < -0.3 is 24.3 Å². The molecule has 4 aromatic rings. The first-order chi connectivity index (χ1) is 30.9. The van der Waals surface area contributed by atoms with Gasteiger partial charge in [0.25, 0.3) is 11.8 Å². The van der Waals surface area contributed by atoms with Gasteiger partial charge in [0.1, 0.15) is 40.3 Å². The molecule has 338 valence electrons. The number of piperidine rings is 2. The van der Waals surface area contributed by atoms with Crippen molar-refractivity contribution in [2.75, 3.05) is 57.3 Å². The van der Waals surface area contributed by atoms with E-state index in [1.54, 1.807) is 34.9 Å². The number of rotatable bonds is 14. The van der Waals surface area contributed by atoms with Gasteiger partial charge in [0.15, 0.2) is 5.82 Å². The third kappa shape index (κ3) is 9.46. The Hall–Kier alpha value is -5.18. The van der Waals surface area contributed by atoms with Crippen molar-refractivity contribution in [2.45, 2.75) is 90.1 Å². The van der Waals surface area contributed by atoms with Crippen molar-refractivity contribution in [1.29, 1.82) is 0 Å². The molecule has 4 amide bonds. The fourth-order valence-corrected chi connectivity index (χ4v) is 10.1. The quantitative estimate of drug-likeness (QED) is 0.0755. The van der Waals surface area contributed by atoms with Gasteiger partial charge in [-0.2, -0.15) is 0 Å². The first-order valence-electron chi connectivity index (χ1n) is 22.3. The first kappa shape index (κ1) is 45.4. The molecule has 1 atom stereocenters. The lowest BCUT2D eigenvalue weighted by molar-refractivity contribution is -0.137. The second-order valence-corrected chi connectivity index (χ2v) is 18.0. The maximum atomic E-state index is 16.5. The van der Waals surface area contributed by atoms with E-state index in [0.717, 1.165) is 75.7 Å². The van der Waals surface area contributed by atoms with Gasteiger partial charge in [0.2, 0.25) is 11.8 Å². The van der Waals surface area contributed by atoms with E-state index in [9.17, 15) is 19.2 Å². The standard InChI is InChI=1S/C48H53Cl2F2N7O5/c1-3-35(49)48(63)58-21-19-57(20-22-58)45-33-26-36(50)41(43(52)44(33)53-28-54-45)42-37(51)10-9-11-39(42)64-23-8-6-4-5-7-16-56-17-14-30(15-18-56)31-24-29(2)25-32-34(31)27-59(47(32)62)38-12-13-40(60)55-46(38)61/h3,9-11,24-26,28,30,38H,4-8,12-23,27H2,1-2H3,(H,55,60,61)/b35-3-. The molecule has 64 heavy (non-hydrogen) atoms. The predicted octanol–water partition coefficient (Wildman–Crippen LogP) is 8.30. The third-order valence-corrected chi connectivity index (χ3v) is 13.8. The molecule has 0 bridgehead atoms. The summed E-state index contributed by atoms with van der Waals surface area (Å²) in [5.74, 6) is -1.46. The number of piperazine rings is 1. The zero-order valence-corrected chi connectivity index (χ0v) is 37.7. The minimum atomic E-state index is -0.771. The number of anilines is 1. The smallest absolute Gasteiger partial charge is 0.265 e. The molecular weight excluding hydrogens is 863 g/mol. The molecule has 0 radical (unpaired) electrons. The van der Waals surface area contributed by atoms with Crippen molar-refractivity contribution in [3.8, 4) is 16.9 Å². The number of hydrogen-bond donors (Lipinski definition) is 1. The molecule has 1 N–H and O–H groups in total. The molecule has 4 aliphatic heterocycles. The van der Waals surface area contributed by atoms with Gasteiger partial charge in [-0.05, 0) is 107 Å². The molecule has 0 aliphatic carbocycles. The average Bonchev–Trinajstić information content (AvgIpc) is 3.62. The number of unbranched alkanes of at least 4 members (excludes halogenated alkanes) is 4. The minimum absolute atomic E-state index is 0.00226. The van der Waals surface area contributed by atoms with E-state index in [4.69, 9.17) is 27.9 Å². The number of allylic oxidation sites excluding steroid dienone is 1. The van der Waals surface area contributed by atoms with Crippen LogP contribution in [0.5, 0.6) is 5.75 Å². The Balaban J connectivity index is 0.802. The summed E-state index contributed by atoms with van der Waals surface area (Å²) >= 11 is 12.8.